The predicted molar refractivity (Wildman–Crippen MR) is 309 cm³/mol. The molecule has 9 rings (SSSR count). The fraction of sp³-hybridized carbons (Fsp3) is 0.294. The average molecular weight is 1210 g/mol. The molecule has 0 radical (unpaired) electrons. The Hall–Kier alpha value is -6.35. The van der Waals surface area contributed by atoms with Gasteiger partial charge in [-0.15, -0.1) is 5.75 Å². The number of hydrogen-bond donors (Lipinski definition) is 3. The van der Waals surface area contributed by atoms with Crippen LogP contribution in [0.15, 0.2) is 170 Å². The third-order valence-corrected chi connectivity index (χ3v) is 18.9. The summed E-state index contributed by atoms with van der Waals surface area (Å²) < 4.78 is 17.1. The standard InChI is InChI=1S/C44H56O4.C24H20P.2O.Re/c1-41(2,3)33-17-25-13-27-19-34(42(4,5)6)21-29(38(27)46)15-31-23-36(44(10,11)12)24-32(40(31)48)16-30-22-35(43(7,8)9)20-28(39(30)47)14-26(18-33)37(25)45;1-5-13-21(14-6-1)25(22-15-7-2-8-16-22,23-17-9-3-10-18-23)24-19-11-4-12-20-24;;;/h17-24,45-48H,13-16H2,1-12H3;1-20H;;;/q;+1;;;/p-1. The van der Waals surface area contributed by atoms with E-state index in [1.54, 1.807) is 0 Å². The van der Waals surface area contributed by atoms with E-state index in [9.17, 15) is 20.4 Å². The van der Waals surface area contributed by atoms with Crippen molar-refractivity contribution in [3.63, 3.8) is 0 Å². The van der Waals surface area contributed by atoms with Crippen molar-refractivity contribution in [2.45, 2.75) is 130 Å². The normalized spacial score (nSPS) is 12.8. The van der Waals surface area contributed by atoms with Gasteiger partial charge in [0.05, 0.1) is 0 Å². The summed E-state index contributed by atoms with van der Waals surface area (Å²) in [5, 5.41) is 55.5. The Kier molecular flexibility index (Phi) is 17.4. The Morgan fingerprint density at radius 3 is 0.697 bits per heavy atom. The first kappa shape index (κ1) is 57.4. The van der Waals surface area contributed by atoms with Crippen molar-refractivity contribution < 1.29 is 45.3 Å². The minimum absolute atomic E-state index is 0.0583. The number of fused-ring (bicyclic) bond motifs is 8. The molecule has 0 fully saturated rings. The topological polar surface area (TPSA) is 118 Å². The second-order valence-electron chi connectivity index (χ2n) is 24.3. The number of benzene rings is 8. The van der Waals surface area contributed by atoms with Crippen molar-refractivity contribution in [2.75, 3.05) is 0 Å². The summed E-state index contributed by atoms with van der Waals surface area (Å²) in [5.74, 6) is 0.451. The molecule has 0 amide bonds. The minimum atomic E-state index is -2.17. The van der Waals surface area contributed by atoms with Gasteiger partial charge in [0.15, 0.2) is 0 Å². The minimum Gasteiger partial charge on any atom is -0.0620 e. The third kappa shape index (κ3) is 12.7. The van der Waals surface area contributed by atoms with Crippen molar-refractivity contribution in [2.24, 2.45) is 0 Å². The fourth-order valence-electron chi connectivity index (χ4n) is 10.2. The Morgan fingerprint density at radius 2 is 0.513 bits per heavy atom. The summed E-state index contributed by atoms with van der Waals surface area (Å²) in [7, 11) is -1.91. The van der Waals surface area contributed by atoms with Gasteiger partial charge in [0.2, 0.25) is 0 Å². The monoisotopic (exact) mass is 1210 g/mol. The predicted octanol–water partition coefficient (Wildman–Crippen LogP) is 13.8. The van der Waals surface area contributed by atoms with E-state index in [2.05, 4.69) is 217 Å². The Balaban J connectivity index is 0.000000249. The largest absolute Gasteiger partial charge is 0.144 e. The van der Waals surface area contributed by atoms with E-state index in [0.717, 1.165) is 44.5 Å². The Labute approximate surface area is 461 Å². The molecule has 1 aliphatic carbocycles. The van der Waals surface area contributed by atoms with Gasteiger partial charge < -0.3 is 20.4 Å². The Bertz CT molecular complexity index is 2800. The average Bonchev–Trinajstić information content (AvgIpc) is 3.37. The van der Waals surface area contributed by atoms with Crippen LogP contribution in [0.4, 0.5) is 0 Å². The number of rotatable bonds is 4. The molecule has 3 N–H and O–H groups in total. The van der Waals surface area contributed by atoms with Crippen molar-refractivity contribution in [3.8, 4) is 23.0 Å². The van der Waals surface area contributed by atoms with Crippen LogP contribution >= 0.6 is 7.26 Å². The van der Waals surface area contributed by atoms with Crippen LogP contribution < -0.4 is 26.3 Å². The molecule has 0 aliphatic heterocycles. The number of aromatic hydroxyl groups is 3. The van der Waals surface area contributed by atoms with Crippen LogP contribution in [0, 0.1) is 0 Å². The smallest absolute Gasteiger partial charge is 0.0620 e. The van der Waals surface area contributed by atoms with Crippen LogP contribution in [0.3, 0.4) is 0 Å². The molecular formula is C68H75O6PRe. The molecule has 0 spiro atoms. The molecule has 8 bridgehead atoms. The molecule has 8 aromatic carbocycles. The van der Waals surface area contributed by atoms with Gasteiger partial charge in [0.1, 0.15) is 45.7 Å². The second-order valence-corrected chi connectivity index (χ2v) is 28.2. The van der Waals surface area contributed by atoms with Gasteiger partial charge in [0.25, 0.3) is 0 Å². The maximum Gasteiger partial charge on any atom is 0.144 e. The van der Waals surface area contributed by atoms with E-state index in [4.69, 9.17) is 6.94 Å². The summed E-state index contributed by atoms with van der Waals surface area (Å²) >= 11 is -2.17. The van der Waals surface area contributed by atoms with E-state index >= 15 is 0 Å². The zero-order valence-corrected chi connectivity index (χ0v) is 50.0. The van der Waals surface area contributed by atoms with Gasteiger partial charge in [-0.2, -0.15) is 0 Å². The van der Waals surface area contributed by atoms with Gasteiger partial charge in [-0.05, 0) is 126 Å². The number of phenolic OH excluding ortho intramolecular Hbond substituents is 3. The second kappa shape index (κ2) is 23.1. The van der Waals surface area contributed by atoms with Crippen LogP contribution in [0.1, 0.15) is 150 Å². The van der Waals surface area contributed by atoms with Gasteiger partial charge in [-0.3, -0.25) is 0 Å². The molecule has 76 heavy (non-hydrogen) atoms. The van der Waals surface area contributed by atoms with Gasteiger partial charge in [-0.1, -0.05) is 216 Å². The zero-order chi connectivity index (χ0) is 55.4. The SMILES string of the molecule is CC(C)(C)c1cc2c([O-])c(c1)Cc1cc(C(C)(C)C)cc(c1O)Cc1cc(C(C)(C)C)cc(c1O)Cc1cc(C(C)(C)C)cc(c1O)C2.[O]=[Re]=[O].c1ccc([P+](c2ccccc2)(c2ccccc2)c2ccccc2)cc1. The molecule has 0 heterocycles. The molecule has 0 saturated heterocycles. The van der Waals surface area contributed by atoms with Crippen LogP contribution in [0.25, 0.3) is 0 Å². The summed E-state index contributed by atoms with van der Waals surface area (Å²) in [6, 6.07) is 60.1. The summed E-state index contributed by atoms with van der Waals surface area (Å²) in [6.45, 7) is 25.8. The first-order chi connectivity index (χ1) is 35.8. The quantitative estimate of drug-likeness (QED) is 0.151. The van der Waals surface area contributed by atoms with Gasteiger partial charge in [-0.25, -0.2) is 0 Å². The van der Waals surface area contributed by atoms with Crippen molar-refractivity contribution in [3.05, 3.63) is 237 Å². The number of hydrogen-bond acceptors (Lipinski definition) is 6. The molecule has 6 nitrogen and oxygen atoms in total. The molecule has 395 valence electrons. The van der Waals surface area contributed by atoms with Crippen LogP contribution in [0.5, 0.6) is 23.0 Å². The maximum atomic E-state index is 14.3. The van der Waals surface area contributed by atoms with Crippen molar-refractivity contribution in [1.82, 2.24) is 0 Å². The third-order valence-electron chi connectivity index (χ3n) is 14.6. The zero-order valence-electron chi connectivity index (χ0n) is 46.4. The van der Waals surface area contributed by atoms with Gasteiger partial charge >= 0.3 is 24.8 Å². The molecule has 0 saturated carbocycles. The molecule has 0 aromatic heterocycles. The molecule has 0 atom stereocenters. The van der Waals surface area contributed by atoms with E-state index in [1.807, 2.05) is 36.4 Å². The molecule has 0 unspecified atom stereocenters. The fourth-order valence-corrected chi connectivity index (χ4v) is 14.4. The molecular weight excluding hydrogens is 1130 g/mol. The first-order valence-corrected chi connectivity index (χ1v) is 30.2. The summed E-state index contributed by atoms with van der Waals surface area (Å²) in [4.78, 5) is 0. The van der Waals surface area contributed by atoms with E-state index < -0.39 is 25.2 Å². The van der Waals surface area contributed by atoms with Crippen LogP contribution in [-0.2, 0) is 72.2 Å². The maximum absolute atomic E-state index is 14.3. The summed E-state index contributed by atoms with van der Waals surface area (Å²) in [6.07, 6.45) is 1.19. The van der Waals surface area contributed by atoms with E-state index in [1.165, 1.54) is 21.2 Å². The summed E-state index contributed by atoms with van der Waals surface area (Å²) in [5.41, 5.74) is 8.96. The number of phenols is 3. The van der Waals surface area contributed by atoms with Crippen LogP contribution in [-0.4, -0.2) is 15.3 Å². The Morgan fingerprint density at radius 1 is 0.342 bits per heavy atom. The molecule has 1 aliphatic rings. The first-order valence-electron chi connectivity index (χ1n) is 26.2. The van der Waals surface area contributed by atoms with Crippen molar-refractivity contribution >= 4 is 28.5 Å². The van der Waals surface area contributed by atoms with E-state index in [0.29, 0.717) is 35.1 Å². The molecule has 8 heteroatoms. The van der Waals surface area contributed by atoms with E-state index in [-0.39, 0.29) is 57.5 Å². The van der Waals surface area contributed by atoms with Crippen molar-refractivity contribution in [1.29, 1.82) is 0 Å². The van der Waals surface area contributed by atoms with Crippen LogP contribution in [0.2, 0.25) is 0 Å². The van der Waals surface area contributed by atoms with Gasteiger partial charge in [0, 0.05) is 25.7 Å². The molecule has 8 aromatic rings.